The molecule has 0 spiro atoms. The summed E-state index contributed by atoms with van der Waals surface area (Å²) >= 11 is 7.03. The number of amides is 1. The number of carbonyl (C=O) groups is 1. The number of benzene rings is 2. The minimum atomic E-state index is -0.477. The minimum absolute atomic E-state index is 0.205. The van der Waals surface area contributed by atoms with Crippen LogP contribution in [0.1, 0.15) is 46.4 Å². The number of rotatable bonds is 4. The second kappa shape index (κ2) is 9.42. The second-order valence-corrected chi connectivity index (χ2v) is 9.38. The molecule has 3 aromatic rings. The zero-order chi connectivity index (χ0) is 21.8. The van der Waals surface area contributed by atoms with Gasteiger partial charge in [0, 0.05) is 4.88 Å². The fourth-order valence-electron chi connectivity index (χ4n) is 4.06. The Morgan fingerprint density at radius 2 is 1.74 bits per heavy atom. The van der Waals surface area contributed by atoms with Crippen LogP contribution in [0.5, 0.6) is 0 Å². The monoisotopic (exact) mass is 445 g/mol. The molecule has 156 valence electrons. The Hall–Kier alpha value is -3.01. The van der Waals surface area contributed by atoms with Gasteiger partial charge in [-0.15, -0.1) is 11.3 Å². The van der Waals surface area contributed by atoms with E-state index in [1.54, 1.807) is 11.3 Å². The molecule has 1 aromatic heterocycles. The number of carbonyl (C=O) groups excluding carboxylic acids is 1. The number of hydrogen-bond donors (Lipinski definition) is 2. The molecule has 4 rings (SSSR count). The van der Waals surface area contributed by atoms with Gasteiger partial charge in [-0.2, -0.15) is 5.26 Å². The minimum Gasteiger partial charge on any atom is -0.323 e. The molecule has 2 aromatic carbocycles. The molecule has 6 heteroatoms. The molecule has 1 amide bonds. The first-order valence-electron chi connectivity index (χ1n) is 10.3. The van der Waals surface area contributed by atoms with Crippen LogP contribution in [0.2, 0.25) is 0 Å². The standard InChI is InChI=1S/C25H23N3OS2/c1-16-12-13-19-20(15-26)24(31-21(19)14-16)28-25(30)27-23(29)22(17-8-4-2-5-9-17)18-10-6-3-7-11-18/h2-11,16,22H,12-14H2,1H3,(H2,27,28,29,30). The molecule has 2 N–H and O–H groups in total. The van der Waals surface area contributed by atoms with E-state index in [9.17, 15) is 10.1 Å². The predicted octanol–water partition coefficient (Wildman–Crippen LogP) is 5.39. The zero-order valence-electron chi connectivity index (χ0n) is 17.2. The van der Waals surface area contributed by atoms with Crippen LogP contribution in [-0.4, -0.2) is 11.0 Å². The van der Waals surface area contributed by atoms with E-state index in [4.69, 9.17) is 12.2 Å². The third kappa shape index (κ3) is 4.68. The average Bonchev–Trinajstić information content (AvgIpc) is 3.11. The lowest BCUT2D eigenvalue weighted by Gasteiger charge is -2.18. The zero-order valence-corrected chi connectivity index (χ0v) is 18.9. The molecule has 0 aliphatic heterocycles. The molecule has 0 fully saturated rings. The average molecular weight is 446 g/mol. The SMILES string of the molecule is CC1CCc2c(sc(NC(=S)NC(=O)C(c3ccccc3)c3ccccc3)c2C#N)C1. The molecule has 1 heterocycles. The van der Waals surface area contributed by atoms with Gasteiger partial charge in [0.25, 0.3) is 0 Å². The molecule has 1 unspecified atom stereocenters. The first-order valence-corrected chi connectivity index (χ1v) is 11.6. The van der Waals surface area contributed by atoms with Crippen LogP contribution in [0, 0.1) is 17.2 Å². The summed E-state index contributed by atoms with van der Waals surface area (Å²) in [6, 6.07) is 21.6. The fourth-order valence-corrected chi connectivity index (χ4v) is 5.69. The van der Waals surface area contributed by atoms with E-state index in [1.165, 1.54) is 4.88 Å². The topological polar surface area (TPSA) is 64.9 Å². The van der Waals surface area contributed by atoms with Crippen molar-refractivity contribution in [3.63, 3.8) is 0 Å². The van der Waals surface area contributed by atoms with Crippen molar-refractivity contribution in [3.05, 3.63) is 87.8 Å². The molecule has 4 nitrogen and oxygen atoms in total. The molecule has 1 aliphatic rings. The van der Waals surface area contributed by atoms with Crippen molar-refractivity contribution in [1.82, 2.24) is 5.32 Å². The Morgan fingerprint density at radius 1 is 1.13 bits per heavy atom. The van der Waals surface area contributed by atoms with Gasteiger partial charge in [0.1, 0.15) is 11.1 Å². The summed E-state index contributed by atoms with van der Waals surface area (Å²) in [5.41, 5.74) is 3.58. The van der Waals surface area contributed by atoms with Crippen LogP contribution in [0.4, 0.5) is 5.00 Å². The summed E-state index contributed by atoms with van der Waals surface area (Å²) in [6.45, 7) is 2.24. The lowest BCUT2D eigenvalue weighted by molar-refractivity contribution is -0.120. The summed E-state index contributed by atoms with van der Waals surface area (Å²) in [4.78, 5) is 14.5. The maximum absolute atomic E-state index is 13.2. The molecule has 1 aliphatic carbocycles. The Kier molecular flexibility index (Phi) is 6.45. The van der Waals surface area contributed by atoms with Crippen LogP contribution < -0.4 is 10.6 Å². The molecule has 0 radical (unpaired) electrons. The Labute approximate surface area is 191 Å². The van der Waals surface area contributed by atoms with E-state index in [0.717, 1.165) is 41.0 Å². The molecule has 0 bridgehead atoms. The van der Waals surface area contributed by atoms with Gasteiger partial charge >= 0.3 is 0 Å². The molecule has 1 atom stereocenters. The van der Waals surface area contributed by atoms with Crippen molar-refractivity contribution < 1.29 is 4.79 Å². The highest BCUT2D eigenvalue weighted by molar-refractivity contribution is 7.80. The number of nitrogens with zero attached hydrogens (tertiary/aromatic N) is 1. The number of thiophene rings is 1. The molecule has 0 saturated carbocycles. The second-order valence-electron chi connectivity index (χ2n) is 7.87. The molecular formula is C25H23N3OS2. The van der Waals surface area contributed by atoms with Crippen molar-refractivity contribution in [1.29, 1.82) is 5.26 Å². The first kappa shape index (κ1) is 21.2. The van der Waals surface area contributed by atoms with Gasteiger partial charge in [-0.3, -0.25) is 4.79 Å². The number of nitrogens with one attached hydrogen (secondary N) is 2. The van der Waals surface area contributed by atoms with Crippen molar-refractivity contribution in [2.24, 2.45) is 5.92 Å². The predicted molar refractivity (Wildman–Crippen MR) is 129 cm³/mol. The maximum Gasteiger partial charge on any atom is 0.238 e. The summed E-state index contributed by atoms with van der Waals surface area (Å²) in [5.74, 6) is -0.0620. The quantitative estimate of drug-likeness (QED) is 0.529. The maximum atomic E-state index is 13.2. The Morgan fingerprint density at radius 3 is 2.32 bits per heavy atom. The summed E-state index contributed by atoms with van der Waals surface area (Å²) < 4.78 is 0. The number of hydrogen-bond acceptors (Lipinski definition) is 4. The van der Waals surface area contributed by atoms with Gasteiger partial charge in [-0.05, 0) is 54.1 Å². The van der Waals surface area contributed by atoms with Gasteiger partial charge in [-0.25, -0.2) is 0 Å². The summed E-state index contributed by atoms with van der Waals surface area (Å²) in [6.07, 6.45) is 3.00. The summed E-state index contributed by atoms with van der Waals surface area (Å²) in [7, 11) is 0. The smallest absolute Gasteiger partial charge is 0.238 e. The van der Waals surface area contributed by atoms with Gasteiger partial charge in [0.2, 0.25) is 5.91 Å². The lowest BCUT2D eigenvalue weighted by atomic mass is 9.89. The number of anilines is 1. The fraction of sp³-hybridized carbons (Fsp3) is 0.240. The van der Waals surface area contributed by atoms with Gasteiger partial charge in [0.15, 0.2) is 5.11 Å². The summed E-state index contributed by atoms with van der Waals surface area (Å²) in [5, 5.41) is 16.6. The van der Waals surface area contributed by atoms with Gasteiger partial charge < -0.3 is 10.6 Å². The van der Waals surface area contributed by atoms with E-state index >= 15 is 0 Å². The van der Waals surface area contributed by atoms with Crippen molar-refractivity contribution in [2.75, 3.05) is 5.32 Å². The third-order valence-corrected chi connectivity index (χ3v) is 6.99. The molecule has 0 saturated heterocycles. The highest BCUT2D eigenvalue weighted by Gasteiger charge is 2.26. The van der Waals surface area contributed by atoms with Gasteiger partial charge in [0.05, 0.1) is 11.5 Å². The highest BCUT2D eigenvalue weighted by Crippen LogP contribution is 2.39. The number of nitriles is 1. The van der Waals surface area contributed by atoms with Crippen LogP contribution in [0.25, 0.3) is 0 Å². The number of thiocarbonyl (C=S) groups is 1. The third-order valence-electron chi connectivity index (χ3n) is 5.62. The normalized spacial score (nSPS) is 15.1. The van der Waals surface area contributed by atoms with E-state index in [2.05, 4.69) is 23.6 Å². The largest absolute Gasteiger partial charge is 0.323 e. The van der Waals surface area contributed by atoms with Crippen molar-refractivity contribution in [2.45, 2.75) is 32.1 Å². The van der Waals surface area contributed by atoms with Crippen LogP contribution >= 0.6 is 23.6 Å². The van der Waals surface area contributed by atoms with Crippen LogP contribution in [0.15, 0.2) is 60.7 Å². The number of fused-ring (bicyclic) bond motifs is 1. The van der Waals surface area contributed by atoms with Gasteiger partial charge in [-0.1, -0.05) is 67.6 Å². The van der Waals surface area contributed by atoms with Crippen molar-refractivity contribution >= 4 is 39.6 Å². The van der Waals surface area contributed by atoms with E-state index in [-0.39, 0.29) is 11.0 Å². The van der Waals surface area contributed by atoms with Crippen LogP contribution in [0.3, 0.4) is 0 Å². The van der Waals surface area contributed by atoms with E-state index in [1.807, 2.05) is 60.7 Å². The Bertz CT molecular complexity index is 1090. The molecule has 31 heavy (non-hydrogen) atoms. The molecular weight excluding hydrogens is 422 g/mol. The van der Waals surface area contributed by atoms with Crippen molar-refractivity contribution in [3.8, 4) is 6.07 Å². The highest BCUT2D eigenvalue weighted by atomic mass is 32.1. The van der Waals surface area contributed by atoms with E-state index < -0.39 is 5.92 Å². The Balaban J connectivity index is 1.54. The first-order chi connectivity index (χ1) is 15.1. The van der Waals surface area contributed by atoms with Crippen LogP contribution in [-0.2, 0) is 17.6 Å². The lowest BCUT2D eigenvalue weighted by Crippen LogP contribution is -2.37. The van der Waals surface area contributed by atoms with E-state index in [0.29, 0.717) is 11.5 Å².